The van der Waals surface area contributed by atoms with E-state index < -0.39 is 5.97 Å². The van der Waals surface area contributed by atoms with Gasteiger partial charge in [-0.3, -0.25) is 4.90 Å². The van der Waals surface area contributed by atoms with Crippen molar-refractivity contribution in [1.29, 1.82) is 0 Å². The molecule has 5 nitrogen and oxygen atoms in total. The number of carbonyl (C=O) groups excluding carboxylic acids is 1. The van der Waals surface area contributed by atoms with E-state index in [2.05, 4.69) is 16.6 Å². The highest BCUT2D eigenvalue weighted by Crippen LogP contribution is 2.21. The Morgan fingerprint density at radius 3 is 2.70 bits per heavy atom. The maximum absolute atomic E-state index is 11.3. The SMILES string of the molecule is COC(=O)c1ccc(CN2CCC(C(C)N)CC2)o1.Cl. The molecule has 1 fully saturated rings. The van der Waals surface area contributed by atoms with Crippen LogP contribution in [0.2, 0.25) is 0 Å². The van der Waals surface area contributed by atoms with E-state index >= 15 is 0 Å². The first kappa shape index (κ1) is 17.0. The molecular weight excluding hydrogens is 280 g/mol. The molecule has 0 aliphatic carbocycles. The van der Waals surface area contributed by atoms with E-state index in [0.29, 0.717) is 5.92 Å². The van der Waals surface area contributed by atoms with Gasteiger partial charge >= 0.3 is 5.97 Å². The number of hydrogen-bond acceptors (Lipinski definition) is 5. The standard InChI is InChI=1S/C14H22N2O3.ClH/c1-10(15)11-5-7-16(8-6-11)9-12-3-4-13(19-12)14(17)18-2;/h3-4,10-11H,5-9,15H2,1-2H3;1H. The molecule has 2 N–H and O–H groups in total. The highest BCUT2D eigenvalue weighted by atomic mass is 35.5. The van der Waals surface area contributed by atoms with Gasteiger partial charge in [0.1, 0.15) is 5.76 Å². The van der Waals surface area contributed by atoms with E-state index in [1.165, 1.54) is 7.11 Å². The Kier molecular flexibility index (Phi) is 6.52. The van der Waals surface area contributed by atoms with Crippen LogP contribution in [-0.2, 0) is 11.3 Å². The maximum Gasteiger partial charge on any atom is 0.373 e. The Bertz CT molecular complexity index is 426. The van der Waals surface area contributed by atoms with Gasteiger partial charge < -0.3 is 14.9 Å². The molecule has 1 saturated heterocycles. The lowest BCUT2D eigenvalue weighted by Crippen LogP contribution is -2.39. The fourth-order valence-electron chi connectivity index (χ4n) is 2.53. The van der Waals surface area contributed by atoms with Gasteiger partial charge in [-0.1, -0.05) is 0 Å². The van der Waals surface area contributed by atoms with Crippen molar-refractivity contribution in [2.45, 2.75) is 32.4 Å². The first-order valence-corrected chi connectivity index (χ1v) is 6.75. The number of halogens is 1. The third-order valence-corrected chi connectivity index (χ3v) is 3.80. The Morgan fingerprint density at radius 1 is 1.50 bits per heavy atom. The zero-order chi connectivity index (χ0) is 13.8. The monoisotopic (exact) mass is 302 g/mol. The van der Waals surface area contributed by atoms with E-state index in [0.717, 1.165) is 38.2 Å². The molecular formula is C14H23ClN2O3. The maximum atomic E-state index is 11.3. The second-order valence-corrected chi connectivity index (χ2v) is 5.23. The highest BCUT2D eigenvalue weighted by Gasteiger charge is 2.22. The Morgan fingerprint density at radius 2 is 2.15 bits per heavy atom. The van der Waals surface area contributed by atoms with Crippen LogP contribution in [-0.4, -0.2) is 37.1 Å². The molecule has 0 radical (unpaired) electrons. The van der Waals surface area contributed by atoms with Crippen molar-refractivity contribution in [2.75, 3.05) is 20.2 Å². The van der Waals surface area contributed by atoms with Gasteiger partial charge in [0.2, 0.25) is 5.76 Å². The number of piperidine rings is 1. The van der Waals surface area contributed by atoms with Gasteiger partial charge in [0.05, 0.1) is 13.7 Å². The summed E-state index contributed by atoms with van der Waals surface area (Å²) >= 11 is 0. The Labute approximate surface area is 125 Å². The third-order valence-electron chi connectivity index (χ3n) is 3.80. The first-order valence-electron chi connectivity index (χ1n) is 6.75. The number of nitrogens with two attached hydrogens (primary N) is 1. The number of furan rings is 1. The molecule has 1 atom stereocenters. The average molecular weight is 303 g/mol. The Hall–Kier alpha value is -1.04. The second kappa shape index (κ2) is 7.67. The third kappa shape index (κ3) is 4.23. The number of carbonyl (C=O) groups is 1. The van der Waals surface area contributed by atoms with Crippen molar-refractivity contribution >= 4 is 18.4 Å². The molecule has 1 aliphatic heterocycles. The molecule has 0 bridgehead atoms. The molecule has 1 aromatic heterocycles. The molecule has 0 spiro atoms. The van der Waals surface area contributed by atoms with E-state index in [1.54, 1.807) is 6.07 Å². The predicted octanol–water partition coefficient (Wildman–Crippen LogP) is 2.05. The summed E-state index contributed by atoms with van der Waals surface area (Å²) in [5, 5.41) is 0. The molecule has 1 aromatic rings. The molecule has 20 heavy (non-hydrogen) atoms. The van der Waals surface area contributed by atoms with Crippen molar-refractivity contribution in [2.24, 2.45) is 11.7 Å². The fourth-order valence-corrected chi connectivity index (χ4v) is 2.53. The van der Waals surface area contributed by atoms with Crippen molar-refractivity contribution in [3.63, 3.8) is 0 Å². The number of nitrogens with zero attached hydrogens (tertiary/aromatic N) is 1. The summed E-state index contributed by atoms with van der Waals surface area (Å²) in [6.07, 6.45) is 2.25. The minimum atomic E-state index is -0.429. The van der Waals surface area contributed by atoms with E-state index in [-0.39, 0.29) is 24.2 Å². The molecule has 0 amide bonds. The summed E-state index contributed by atoms with van der Waals surface area (Å²) in [6, 6.07) is 3.77. The fraction of sp³-hybridized carbons (Fsp3) is 0.643. The van der Waals surface area contributed by atoms with Crippen LogP contribution in [0.5, 0.6) is 0 Å². The summed E-state index contributed by atoms with van der Waals surface area (Å²) in [5.74, 6) is 1.27. The summed E-state index contributed by atoms with van der Waals surface area (Å²) in [7, 11) is 1.35. The van der Waals surface area contributed by atoms with Crippen LogP contribution in [0.1, 0.15) is 36.1 Å². The second-order valence-electron chi connectivity index (χ2n) is 5.23. The molecule has 1 aliphatic rings. The van der Waals surface area contributed by atoms with Gasteiger partial charge in [-0.2, -0.15) is 0 Å². The molecule has 1 unspecified atom stereocenters. The van der Waals surface area contributed by atoms with Gasteiger partial charge in [-0.25, -0.2) is 4.79 Å². The van der Waals surface area contributed by atoms with E-state index in [4.69, 9.17) is 10.2 Å². The molecule has 0 aromatic carbocycles. The summed E-state index contributed by atoms with van der Waals surface area (Å²) < 4.78 is 10.1. The highest BCUT2D eigenvalue weighted by molar-refractivity contribution is 5.86. The van der Waals surface area contributed by atoms with Gasteiger partial charge in [0, 0.05) is 6.04 Å². The van der Waals surface area contributed by atoms with Crippen LogP contribution in [0.25, 0.3) is 0 Å². The predicted molar refractivity (Wildman–Crippen MR) is 78.9 cm³/mol. The quantitative estimate of drug-likeness (QED) is 0.862. The number of esters is 1. The van der Waals surface area contributed by atoms with Crippen molar-refractivity contribution < 1.29 is 13.9 Å². The smallest absolute Gasteiger partial charge is 0.373 e. The van der Waals surface area contributed by atoms with Gasteiger partial charge in [0.25, 0.3) is 0 Å². The zero-order valence-corrected chi connectivity index (χ0v) is 12.8. The van der Waals surface area contributed by atoms with E-state index in [1.807, 2.05) is 6.07 Å². The van der Waals surface area contributed by atoms with Gasteiger partial charge in [-0.15, -0.1) is 12.4 Å². The summed E-state index contributed by atoms with van der Waals surface area (Å²) in [5.41, 5.74) is 5.93. The van der Waals surface area contributed by atoms with Crippen LogP contribution in [0.3, 0.4) is 0 Å². The largest absolute Gasteiger partial charge is 0.463 e. The number of rotatable bonds is 4. The molecule has 6 heteroatoms. The van der Waals surface area contributed by atoms with Crippen molar-refractivity contribution in [3.05, 3.63) is 23.7 Å². The number of likely N-dealkylation sites (tertiary alicyclic amines) is 1. The lowest BCUT2D eigenvalue weighted by molar-refractivity contribution is 0.0560. The summed E-state index contributed by atoms with van der Waals surface area (Å²) in [4.78, 5) is 13.6. The normalized spacial score (nSPS) is 18.4. The topological polar surface area (TPSA) is 68.7 Å². The van der Waals surface area contributed by atoms with Crippen LogP contribution >= 0.6 is 12.4 Å². The number of ether oxygens (including phenoxy) is 1. The molecule has 2 rings (SSSR count). The minimum absolute atomic E-state index is 0. The molecule has 2 heterocycles. The van der Waals surface area contributed by atoms with Gasteiger partial charge in [0.15, 0.2) is 0 Å². The van der Waals surface area contributed by atoms with E-state index in [9.17, 15) is 4.79 Å². The number of methoxy groups -OCH3 is 1. The van der Waals surface area contributed by atoms with Crippen LogP contribution in [0.15, 0.2) is 16.5 Å². The van der Waals surface area contributed by atoms with Gasteiger partial charge in [-0.05, 0) is 50.9 Å². The molecule has 0 saturated carbocycles. The minimum Gasteiger partial charge on any atom is -0.463 e. The molecule has 114 valence electrons. The van der Waals surface area contributed by atoms with Crippen molar-refractivity contribution in [1.82, 2.24) is 4.90 Å². The Balaban J connectivity index is 0.00000200. The van der Waals surface area contributed by atoms with Crippen LogP contribution in [0.4, 0.5) is 0 Å². The zero-order valence-electron chi connectivity index (χ0n) is 12.0. The first-order chi connectivity index (χ1) is 9.10. The van der Waals surface area contributed by atoms with Crippen molar-refractivity contribution in [3.8, 4) is 0 Å². The average Bonchev–Trinajstić information content (AvgIpc) is 2.87. The summed E-state index contributed by atoms with van der Waals surface area (Å²) in [6.45, 7) is 4.87. The van der Waals surface area contributed by atoms with Crippen LogP contribution < -0.4 is 5.73 Å². The van der Waals surface area contributed by atoms with Crippen LogP contribution in [0, 0.1) is 5.92 Å². The lowest BCUT2D eigenvalue weighted by atomic mass is 9.91. The number of hydrogen-bond donors (Lipinski definition) is 1. The lowest BCUT2D eigenvalue weighted by Gasteiger charge is -2.33.